The number of esters is 1. The van der Waals surface area contributed by atoms with Crippen molar-refractivity contribution in [3.63, 3.8) is 0 Å². The van der Waals surface area contributed by atoms with Crippen molar-refractivity contribution in [3.05, 3.63) is 59.7 Å². The number of aliphatic hydroxyl groups excluding tert-OH is 1. The lowest BCUT2D eigenvalue weighted by molar-refractivity contribution is -0.219. The Morgan fingerprint density at radius 3 is 2.52 bits per heavy atom. The molecular weight excluding hydrogens is 541 g/mol. The third-order valence-electron chi connectivity index (χ3n) is 10.9. The van der Waals surface area contributed by atoms with Crippen LogP contribution < -0.4 is 5.32 Å². The van der Waals surface area contributed by atoms with E-state index in [1.165, 1.54) is 19.1 Å². The van der Waals surface area contributed by atoms with Crippen molar-refractivity contribution in [2.24, 2.45) is 28.6 Å². The molecule has 0 heterocycles. The maximum atomic E-state index is 17.6. The number of alkyl halides is 1. The van der Waals surface area contributed by atoms with Crippen molar-refractivity contribution in [3.8, 4) is 0 Å². The Labute approximate surface area is 245 Å². The highest BCUT2D eigenvalue weighted by atomic mass is 19.1. The Morgan fingerprint density at radius 2 is 1.86 bits per heavy atom. The van der Waals surface area contributed by atoms with E-state index < -0.39 is 76.5 Å². The number of amides is 1. The number of halogens is 1. The maximum absolute atomic E-state index is 17.6. The van der Waals surface area contributed by atoms with E-state index in [-0.39, 0.29) is 12.2 Å². The molecule has 226 valence electrons. The summed E-state index contributed by atoms with van der Waals surface area (Å²) in [5, 5.41) is 14.5. The van der Waals surface area contributed by atoms with Gasteiger partial charge in [-0.15, -0.1) is 0 Å². The standard InChI is InChI=1S/C33H40FNO7/c1-19-15-26-25-12-11-23-16-24(37)13-14-30(23,4)32(25,34)27(38)17-31(26,5)33(19,28(39)18-41-21(3)36)42-29(40)35-20(2)22-9-7-6-8-10-22/h6-10,13-14,16,19-20,25-27,38H,11-12,15,17-18H2,1-5H3,(H,35,40)/t19-,20+,25?,26?,27-,30-,31-,32?,33+/m0/s1. The number of ketones is 2. The van der Waals surface area contributed by atoms with Crippen LogP contribution in [0.1, 0.15) is 71.9 Å². The van der Waals surface area contributed by atoms with Gasteiger partial charge in [0.05, 0.1) is 12.1 Å². The van der Waals surface area contributed by atoms with E-state index in [2.05, 4.69) is 5.32 Å². The molecular formula is C33H40FNO7. The van der Waals surface area contributed by atoms with Crippen molar-refractivity contribution in [2.75, 3.05) is 6.61 Å². The molecule has 9 atom stereocenters. The Balaban J connectivity index is 1.54. The lowest BCUT2D eigenvalue weighted by Crippen LogP contribution is -2.70. The van der Waals surface area contributed by atoms with Crippen molar-refractivity contribution in [1.29, 1.82) is 0 Å². The molecule has 42 heavy (non-hydrogen) atoms. The number of ether oxygens (including phenoxy) is 2. The number of allylic oxidation sites excluding steroid dienone is 4. The molecule has 3 saturated carbocycles. The fourth-order valence-electron chi connectivity index (χ4n) is 8.85. The summed E-state index contributed by atoms with van der Waals surface area (Å²) < 4.78 is 28.9. The van der Waals surface area contributed by atoms with E-state index in [4.69, 9.17) is 9.47 Å². The first kappa shape index (κ1) is 30.1. The molecule has 0 spiro atoms. The van der Waals surface area contributed by atoms with Gasteiger partial charge in [0.1, 0.15) is 0 Å². The molecule has 0 aromatic heterocycles. The average molecular weight is 582 g/mol. The minimum atomic E-state index is -2.10. The number of benzene rings is 1. The number of rotatable bonds is 6. The monoisotopic (exact) mass is 581 g/mol. The molecule has 3 unspecified atom stereocenters. The fourth-order valence-corrected chi connectivity index (χ4v) is 8.85. The number of carbonyl (C=O) groups excluding carboxylic acids is 4. The van der Waals surface area contributed by atoms with Gasteiger partial charge in [-0.2, -0.15) is 0 Å². The van der Waals surface area contributed by atoms with Crippen molar-refractivity contribution in [1.82, 2.24) is 5.32 Å². The van der Waals surface area contributed by atoms with Gasteiger partial charge in [0.25, 0.3) is 0 Å². The zero-order valence-corrected chi connectivity index (χ0v) is 24.8. The van der Waals surface area contributed by atoms with E-state index in [9.17, 15) is 24.3 Å². The third-order valence-corrected chi connectivity index (χ3v) is 10.9. The first-order valence-corrected chi connectivity index (χ1v) is 14.7. The quantitative estimate of drug-likeness (QED) is 0.456. The zero-order chi connectivity index (χ0) is 30.7. The summed E-state index contributed by atoms with van der Waals surface area (Å²) in [6.45, 7) is 7.69. The van der Waals surface area contributed by atoms with Crippen LogP contribution in [-0.2, 0) is 23.9 Å². The molecule has 5 rings (SSSR count). The van der Waals surface area contributed by atoms with Gasteiger partial charge < -0.3 is 19.9 Å². The molecule has 4 aliphatic rings. The van der Waals surface area contributed by atoms with Gasteiger partial charge >= 0.3 is 12.1 Å². The van der Waals surface area contributed by atoms with Crippen LogP contribution in [0.4, 0.5) is 9.18 Å². The number of carbonyl (C=O) groups is 4. The topological polar surface area (TPSA) is 119 Å². The highest BCUT2D eigenvalue weighted by Crippen LogP contribution is 2.71. The molecule has 8 nitrogen and oxygen atoms in total. The summed E-state index contributed by atoms with van der Waals surface area (Å²) in [6.07, 6.45) is 3.12. The van der Waals surface area contributed by atoms with Gasteiger partial charge in [0.2, 0.25) is 5.78 Å². The van der Waals surface area contributed by atoms with Crippen molar-refractivity contribution >= 4 is 23.6 Å². The molecule has 1 aromatic carbocycles. The molecule has 1 aromatic rings. The number of alkyl carbamates (subject to hydrolysis) is 1. The molecule has 4 aliphatic carbocycles. The highest BCUT2D eigenvalue weighted by Gasteiger charge is 2.77. The van der Waals surface area contributed by atoms with E-state index in [0.29, 0.717) is 24.8 Å². The smallest absolute Gasteiger partial charge is 0.408 e. The molecule has 9 heteroatoms. The van der Waals surface area contributed by atoms with Crippen molar-refractivity contribution < 1.29 is 38.1 Å². The number of Topliss-reactive ketones (excluding diaryl/α,β-unsaturated/α-hetero) is 1. The zero-order valence-electron chi connectivity index (χ0n) is 24.8. The number of fused-ring (bicyclic) bond motifs is 5. The van der Waals surface area contributed by atoms with E-state index in [0.717, 1.165) is 5.56 Å². The predicted molar refractivity (Wildman–Crippen MR) is 152 cm³/mol. The summed E-state index contributed by atoms with van der Waals surface area (Å²) in [5.74, 6) is -3.12. The van der Waals surface area contributed by atoms with Crippen LogP contribution in [0.15, 0.2) is 54.1 Å². The molecule has 0 radical (unpaired) electrons. The first-order valence-electron chi connectivity index (χ1n) is 14.7. The highest BCUT2D eigenvalue weighted by molar-refractivity contribution is 6.01. The number of hydrogen-bond acceptors (Lipinski definition) is 7. The molecule has 2 N–H and O–H groups in total. The summed E-state index contributed by atoms with van der Waals surface area (Å²) in [5.41, 5.74) is -4.74. The number of aliphatic hydroxyl groups is 1. The van der Waals surface area contributed by atoms with E-state index in [1.807, 2.05) is 30.3 Å². The first-order chi connectivity index (χ1) is 19.7. The van der Waals surface area contributed by atoms with Crippen LogP contribution in [-0.4, -0.2) is 52.7 Å². The lowest BCUT2D eigenvalue weighted by atomic mass is 9.44. The van der Waals surface area contributed by atoms with Crippen LogP contribution in [0, 0.1) is 28.6 Å². The summed E-state index contributed by atoms with van der Waals surface area (Å²) in [6, 6.07) is 8.86. The van der Waals surface area contributed by atoms with Gasteiger partial charge in [-0.25, -0.2) is 9.18 Å². The molecule has 0 saturated heterocycles. The van der Waals surface area contributed by atoms with Crippen LogP contribution in [0.25, 0.3) is 0 Å². The van der Waals surface area contributed by atoms with Crippen LogP contribution in [0.5, 0.6) is 0 Å². The van der Waals surface area contributed by atoms with Crippen molar-refractivity contribution in [2.45, 2.75) is 83.7 Å². The van der Waals surface area contributed by atoms with Crippen LogP contribution in [0.2, 0.25) is 0 Å². The predicted octanol–water partition coefficient (Wildman–Crippen LogP) is 4.96. The second-order valence-corrected chi connectivity index (χ2v) is 13.0. The Kier molecular flexibility index (Phi) is 7.49. The van der Waals surface area contributed by atoms with Gasteiger partial charge in [0, 0.05) is 29.6 Å². The normalized spacial score (nSPS) is 39.2. The lowest BCUT2D eigenvalue weighted by Gasteiger charge is -2.62. The summed E-state index contributed by atoms with van der Waals surface area (Å²) in [7, 11) is 0. The molecule has 0 aliphatic heterocycles. The molecule has 0 bridgehead atoms. The Hall–Kier alpha value is -3.33. The Bertz CT molecular complexity index is 1360. The number of hydrogen-bond donors (Lipinski definition) is 2. The summed E-state index contributed by atoms with van der Waals surface area (Å²) >= 11 is 0. The number of nitrogens with one attached hydrogen (secondary N) is 1. The van der Waals surface area contributed by atoms with Gasteiger partial charge in [-0.3, -0.25) is 14.4 Å². The third kappa shape index (κ3) is 4.26. The molecule has 3 fully saturated rings. The summed E-state index contributed by atoms with van der Waals surface area (Å²) in [4.78, 5) is 51.4. The van der Waals surface area contributed by atoms with E-state index in [1.54, 1.807) is 33.8 Å². The average Bonchev–Trinajstić information content (AvgIpc) is 3.15. The SMILES string of the molecule is CC(=O)OCC(=O)[C@]1(OC(=O)N[C@H](C)c2ccccc2)[C@@H](C)CC2C3CCC4=CC(=O)C=C[C@]4(C)C3(F)[C@@H](O)C[C@@]21C. The second-order valence-electron chi connectivity index (χ2n) is 13.0. The van der Waals surface area contributed by atoms with Gasteiger partial charge in [0.15, 0.2) is 23.7 Å². The Morgan fingerprint density at radius 1 is 1.17 bits per heavy atom. The van der Waals surface area contributed by atoms with Crippen LogP contribution >= 0.6 is 0 Å². The minimum Gasteiger partial charge on any atom is -0.458 e. The van der Waals surface area contributed by atoms with Crippen LogP contribution in [0.3, 0.4) is 0 Å². The molecule has 1 amide bonds. The largest absolute Gasteiger partial charge is 0.458 e. The minimum absolute atomic E-state index is 0.160. The fraction of sp³-hybridized carbons (Fsp3) is 0.576. The van der Waals surface area contributed by atoms with Gasteiger partial charge in [-0.05, 0) is 63.2 Å². The van der Waals surface area contributed by atoms with Gasteiger partial charge in [-0.1, -0.05) is 55.8 Å². The van der Waals surface area contributed by atoms with E-state index >= 15 is 4.39 Å². The second kappa shape index (κ2) is 10.4. The maximum Gasteiger partial charge on any atom is 0.408 e.